The maximum absolute atomic E-state index is 12.4. The monoisotopic (exact) mass is 328 g/mol. The van der Waals surface area contributed by atoms with Crippen molar-refractivity contribution in [3.63, 3.8) is 0 Å². The molecule has 0 fully saturated rings. The maximum Gasteiger partial charge on any atom is 0.196 e. The molecule has 0 unspecified atom stereocenters. The number of phenols is 2. The van der Waals surface area contributed by atoms with Crippen LogP contribution < -0.4 is 5.43 Å². The molecule has 0 saturated heterocycles. The second-order valence-corrected chi connectivity index (χ2v) is 6.55. The van der Waals surface area contributed by atoms with E-state index in [0.29, 0.717) is 29.7 Å². The molecule has 0 bridgehead atoms. The number of fused-ring (bicyclic) bond motifs is 1. The summed E-state index contributed by atoms with van der Waals surface area (Å²) in [4.78, 5) is 12.4. The molecule has 1 aromatic carbocycles. The summed E-state index contributed by atoms with van der Waals surface area (Å²) in [6, 6.07) is 1.36. The number of allylic oxidation sites excluding steroid dienone is 4. The van der Waals surface area contributed by atoms with Gasteiger partial charge in [0.05, 0.1) is 0 Å². The molecule has 0 saturated carbocycles. The second kappa shape index (κ2) is 6.95. The fraction of sp³-hybridized carbons (Fsp3) is 0.350. The Balaban J connectivity index is 2.87. The molecule has 0 aliphatic heterocycles. The van der Waals surface area contributed by atoms with E-state index in [2.05, 4.69) is 0 Å². The molecule has 0 aliphatic carbocycles. The minimum absolute atomic E-state index is 0.0104. The summed E-state index contributed by atoms with van der Waals surface area (Å²) in [7, 11) is 0. The molecule has 1 heterocycles. The quantitative estimate of drug-likeness (QED) is 0.809. The van der Waals surface area contributed by atoms with Crippen molar-refractivity contribution in [3.05, 3.63) is 56.5 Å². The highest BCUT2D eigenvalue weighted by Crippen LogP contribution is 2.39. The van der Waals surface area contributed by atoms with Crippen molar-refractivity contribution in [3.8, 4) is 11.5 Å². The number of hydrogen-bond acceptors (Lipinski definition) is 4. The van der Waals surface area contributed by atoms with Crippen LogP contribution in [0.3, 0.4) is 0 Å². The summed E-state index contributed by atoms with van der Waals surface area (Å²) < 4.78 is 5.68. The lowest BCUT2D eigenvalue weighted by Crippen LogP contribution is -2.05. The molecule has 128 valence electrons. The predicted octanol–water partition coefficient (Wildman–Crippen LogP) is 4.53. The number of aromatic hydroxyl groups is 2. The van der Waals surface area contributed by atoms with Gasteiger partial charge in [0, 0.05) is 17.2 Å². The van der Waals surface area contributed by atoms with Gasteiger partial charge < -0.3 is 14.6 Å². The van der Waals surface area contributed by atoms with Crippen molar-refractivity contribution in [1.82, 2.24) is 0 Å². The van der Waals surface area contributed by atoms with Gasteiger partial charge in [-0.2, -0.15) is 0 Å². The van der Waals surface area contributed by atoms with Gasteiger partial charge in [-0.3, -0.25) is 4.79 Å². The molecule has 4 nitrogen and oxygen atoms in total. The smallest absolute Gasteiger partial charge is 0.196 e. The number of rotatable bonds is 4. The van der Waals surface area contributed by atoms with E-state index in [0.717, 1.165) is 11.1 Å². The van der Waals surface area contributed by atoms with Crippen LogP contribution in [0.4, 0.5) is 0 Å². The highest BCUT2D eigenvalue weighted by atomic mass is 16.3. The van der Waals surface area contributed by atoms with Crippen molar-refractivity contribution in [2.75, 3.05) is 0 Å². The van der Waals surface area contributed by atoms with Gasteiger partial charge >= 0.3 is 0 Å². The van der Waals surface area contributed by atoms with Crippen LogP contribution in [-0.4, -0.2) is 10.2 Å². The van der Waals surface area contributed by atoms with Gasteiger partial charge in [0.1, 0.15) is 28.2 Å². The van der Waals surface area contributed by atoms with Gasteiger partial charge in [-0.15, -0.1) is 0 Å². The van der Waals surface area contributed by atoms with Crippen LogP contribution in [0.5, 0.6) is 11.5 Å². The molecule has 1 aromatic heterocycles. The van der Waals surface area contributed by atoms with Gasteiger partial charge in [0.2, 0.25) is 0 Å². The number of benzene rings is 1. The minimum atomic E-state index is -0.303. The molecule has 24 heavy (non-hydrogen) atoms. The first kappa shape index (κ1) is 17.9. The summed E-state index contributed by atoms with van der Waals surface area (Å²) in [6.45, 7) is 9.49. The lowest BCUT2D eigenvalue weighted by atomic mass is 9.97. The van der Waals surface area contributed by atoms with E-state index in [4.69, 9.17) is 4.42 Å². The third-order valence-electron chi connectivity index (χ3n) is 3.87. The van der Waals surface area contributed by atoms with Crippen LogP contribution in [0.15, 0.2) is 38.6 Å². The van der Waals surface area contributed by atoms with Crippen LogP contribution in [0, 0.1) is 6.92 Å². The van der Waals surface area contributed by atoms with E-state index in [1.807, 2.05) is 39.8 Å². The molecule has 0 atom stereocenters. The average Bonchev–Trinajstić information content (AvgIpc) is 2.45. The van der Waals surface area contributed by atoms with Crippen molar-refractivity contribution in [1.29, 1.82) is 0 Å². The van der Waals surface area contributed by atoms with Gasteiger partial charge in [0.15, 0.2) is 5.43 Å². The SMILES string of the molecule is CC(C)=CCc1c(O)c(CC=C(C)C)c2oc(C)cc(=O)c2c1O. The zero-order valence-electron chi connectivity index (χ0n) is 14.9. The van der Waals surface area contributed by atoms with E-state index in [-0.39, 0.29) is 27.9 Å². The predicted molar refractivity (Wildman–Crippen MR) is 96.8 cm³/mol. The molecular formula is C20H24O4. The highest BCUT2D eigenvalue weighted by molar-refractivity contribution is 5.90. The van der Waals surface area contributed by atoms with Crippen LogP contribution in [0.1, 0.15) is 44.6 Å². The van der Waals surface area contributed by atoms with Gasteiger partial charge in [0.25, 0.3) is 0 Å². The molecule has 0 spiro atoms. The molecule has 2 N–H and O–H groups in total. The third kappa shape index (κ3) is 3.53. The van der Waals surface area contributed by atoms with Crippen molar-refractivity contribution >= 4 is 11.0 Å². The second-order valence-electron chi connectivity index (χ2n) is 6.55. The van der Waals surface area contributed by atoms with Crippen LogP contribution >= 0.6 is 0 Å². The lowest BCUT2D eigenvalue weighted by molar-refractivity contribution is 0.437. The van der Waals surface area contributed by atoms with Crippen LogP contribution in [-0.2, 0) is 12.8 Å². The third-order valence-corrected chi connectivity index (χ3v) is 3.87. The fourth-order valence-corrected chi connectivity index (χ4v) is 2.59. The zero-order chi connectivity index (χ0) is 18.0. The molecule has 0 amide bonds. The first-order valence-corrected chi connectivity index (χ1v) is 7.99. The van der Waals surface area contributed by atoms with E-state index in [1.165, 1.54) is 6.07 Å². The Kier molecular flexibility index (Phi) is 5.17. The Hall–Kier alpha value is -2.49. The molecule has 2 rings (SSSR count). The Morgan fingerprint density at radius 3 is 2.08 bits per heavy atom. The summed E-state index contributed by atoms with van der Waals surface area (Å²) in [5.41, 5.74) is 3.00. The highest BCUT2D eigenvalue weighted by Gasteiger charge is 2.21. The Bertz CT molecular complexity index is 890. The van der Waals surface area contributed by atoms with E-state index >= 15 is 0 Å². The number of hydrogen-bond donors (Lipinski definition) is 2. The lowest BCUT2D eigenvalue weighted by Gasteiger charge is -2.14. The molecule has 0 radical (unpaired) electrons. The van der Waals surface area contributed by atoms with E-state index in [1.54, 1.807) is 6.92 Å². The van der Waals surface area contributed by atoms with Crippen LogP contribution in [0.2, 0.25) is 0 Å². The van der Waals surface area contributed by atoms with Crippen molar-refractivity contribution in [2.24, 2.45) is 0 Å². The zero-order valence-corrected chi connectivity index (χ0v) is 14.9. The largest absolute Gasteiger partial charge is 0.507 e. The number of aryl methyl sites for hydroxylation is 1. The molecular weight excluding hydrogens is 304 g/mol. The van der Waals surface area contributed by atoms with E-state index < -0.39 is 0 Å². The summed E-state index contributed by atoms with van der Waals surface area (Å²) in [5, 5.41) is 21.4. The minimum Gasteiger partial charge on any atom is -0.507 e. The molecule has 2 aromatic rings. The number of phenolic OH excluding ortho intramolecular Hbond substituents is 2. The standard InChI is InChI=1S/C20H24O4/c1-11(2)6-8-14-18(22)15(9-7-12(3)4)20-17(19(14)23)16(21)10-13(5)24-20/h6-7,10,22-23H,8-9H2,1-5H3. The van der Waals surface area contributed by atoms with Gasteiger partial charge in [-0.05, 0) is 47.5 Å². The molecule has 0 aliphatic rings. The molecule has 4 heteroatoms. The summed E-state index contributed by atoms with van der Waals surface area (Å²) >= 11 is 0. The first-order valence-electron chi connectivity index (χ1n) is 7.99. The first-order chi connectivity index (χ1) is 11.2. The van der Waals surface area contributed by atoms with Crippen molar-refractivity contribution < 1.29 is 14.6 Å². The maximum atomic E-state index is 12.4. The Morgan fingerprint density at radius 2 is 1.54 bits per heavy atom. The van der Waals surface area contributed by atoms with Gasteiger partial charge in [-0.1, -0.05) is 23.3 Å². The van der Waals surface area contributed by atoms with Crippen LogP contribution in [0.25, 0.3) is 11.0 Å². The summed E-state index contributed by atoms with van der Waals surface area (Å²) in [5.74, 6) is 0.236. The topological polar surface area (TPSA) is 70.7 Å². The Morgan fingerprint density at radius 1 is 1.00 bits per heavy atom. The average molecular weight is 328 g/mol. The Labute approximate surface area is 141 Å². The van der Waals surface area contributed by atoms with Gasteiger partial charge in [-0.25, -0.2) is 0 Å². The van der Waals surface area contributed by atoms with E-state index in [9.17, 15) is 15.0 Å². The summed E-state index contributed by atoms with van der Waals surface area (Å²) in [6.07, 6.45) is 4.64. The normalized spacial score (nSPS) is 10.7. The fourth-order valence-electron chi connectivity index (χ4n) is 2.59. The van der Waals surface area contributed by atoms with Crippen molar-refractivity contribution in [2.45, 2.75) is 47.5 Å².